The molecule has 0 aliphatic heterocycles. The van der Waals surface area contributed by atoms with Gasteiger partial charge in [-0.3, -0.25) is 0 Å². The summed E-state index contributed by atoms with van der Waals surface area (Å²) in [4.78, 5) is 0. The topological polar surface area (TPSA) is 0 Å². The fraction of sp³-hybridized carbons (Fsp3) is 0. The van der Waals surface area contributed by atoms with Crippen molar-refractivity contribution in [3.8, 4) is 0 Å². The fourth-order valence-electron chi connectivity index (χ4n) is 0.144. The van der Waals surface area contributed by atoms with Crippen molar-refractivity contribution < 1.29 is 19.4 Å². The molecule has 0 aliphatic rings. The van der Waals surface area contributed by atoms with Crippen LogP contribution in [0, 0.1) is 0 Å². The summed E-state index contributed by atoms with van der Waals surface area (Å²) in [6.45, 7) is 3.68. The van der Waals surface area contributed by atoms with E-state index in [1.807, 2.05) is 12.2 Å². The van der Waals surface area contributed by atoms with Crippen molar-refractivity contribution in [3.05, 3.63) is 22.3 Å². The van der Waals surface area contributed by atoms with Crippen LogP contribution in [0.2, 0.25) is 0 Å². The van der Waals surface area contributed by atoms with Gasteiger partial charge in [0.15, 0.2) is 0 Å². The number of allylic oxidation sites excluding steroid dienone is 3. The number of halogens is 1. The maximum absolute atomic E-state index is 3.68. The zero-order chi connectivity index (χ0) is 5.70. The Labute approximate surface area is 68.2 Å². The van der Waals surface area contributed by atoms with E-state index in [0.717, 1.165) is 3.58 Å². The van der Waals surface area contributed by atoms with Crippen LogP contribution < -0.4 is 0 Å². The summed E-state index contributed by atoms with van der Waals surface area (Å²) < 4.78 is 3.14. The Morgan fingerprint density at radius 3 is 2.43 bits per heavy atom. The molecule has 0 nitrogen and oxygen atoms in total. The van der Waals surface area contributed by atoms with Crippen LogP contribution in [0.4, 0.5) is 0 Å². The molecule has 0 atom stereocenters. The third kappa shape index (κ3) is 6.77. The summed E-state index contributed by atoms with van der Waals surface area (Å²) in [6, 6.07) is 0. The van der Waals surface area contributed by atoms with E-state index in [9.17, 15) is 0 Å². The average Bonchev–Trinajstić information content (AvgIpc) is 1.61. The van der Waals surface area contributed by atoms with Gasteiger partial charge < -0.3 is 0 Å². The van der Waals surface area contributed by atoms with E-state index in [0.29, 0.717) is 0 Å². The Hall–Kier alpha value is 0.768. The van der Waals surface area contributed by atoms with E-state index in [1.54, 1.807) is 0 Å². The van der Waals surface area contributed by atoms with E-state index in [-0.39, 0.29) is 0 Å². The molecule has 0 rings (SSSR count). The van der Waals surface area contributed by atoms with Crippen molar-refractivity contribution >= 4 is 27.0 Å². The van der Waals surface area contributed by atoms with E-state index in [2.05, 4.69) is 33.6 Å². The molecular formula is C5H5IW. The minimum atomic E-state index is 1.08. The van der Waals surface area contributed by atoms with E-state index in [1.165, 1.54) is 19.4 Å². The fourth-order valence-corrected chi connectivity index (χ4v) is 0.634. The molecule has 0 aromatic carbocycles. The standard InChI is InChI=1S/C5H5I.W/c1-3-4-5(2)6;/h1,3-4H,2H2;/b4-3-;. The third-order valence-corrected chi connectivity index (χ3v) is 1.28. The summed E-state index contributed by atoms with van der Waals surface area (Å²) in [5.74, 6) is 0. The Morgan fingerprint density at radius 1 is 1.71 bits per heavy atom. The van der Waals surface area contributed by atoms with Crippen LogP contribution in [-0.4, -0.2) is 4.40 Å². The van der Waals surface area contributed by atoms with Crippen LogP contribution in [0.3, 0.4) is 0 Å². The molecular weight excluding hydrogens is 371 g/mol. The molecule has 0 spiro atoms. The monoisotopic (exact) mass is 376 g/mol. The third-order valence-electron chi connectivity index (χ3n) is 0.356. The SMILES string of the molecule is C=C(I)/C=C\[CH]=[W]. The molecule has 0 unspecified atom stereocenters. The van der Waals surface area contributed by atoms with Crippen LogP contribution in [0.25, 0.3) is 0 Å². The second kappa shape index (κ2) is 4.92. The molecule has 2 heteroatoms. The first-order valence-electron chi connectivity index (χ1n) is 1.73. The normalized spacial score (nSPS) is 9.29. The second-order valence-corrected chi connectivity index (χ2v) is 3.31. The van der Waals surface area contributed by atoms with Crippen molar-refractivity contribution in [1.29, 1.82) is 0 Å². The van der Waals surface area contributed by atoms with E-state index >= 15 is 0 Å². The predicted molar refractivity (Wildman–Crippen MR) is 38.4 cm³/mol. The van der Waals surface area contributed by atoms with Gasteiger partial charge in [-0.25, -0.2) is 0 Å². The van der Waals surface area contributed by atoms with Gasteiger partial charge in [0, 0.05) is 0 Å². The molecule has 0 fully saturated rings. The van der Waals surface area contributed by atoms with E-state index < -0.39 is 0 Å². The first-order valence-corrected chi connectivity index (χ1v) is 4.51. The van der Waals surface area contributed by atoms with Crippen molar-refractivity contribution in [1.82, 2.24) is 0 Å². The molecule has 38 valence electrons. The molecule has 0 N–H and O–H groups in total. The number of rotatable bonds is 2. The van der Waals surface area contributed by atoms with Gasteiger partial charge in [0.05, 0.1) is 0 Å². The minimum absolute atomic E-state index is 1.08. The van der Waals surface area contributed by atoms with Crippen molar-refractivity contribution in [2.45, 2.75) is 0 Å². The van der Waals surface area contributed by atoms with Gasteiger partial charge in [-0.1, -0.05) is 0 Å². The van der Waals surface area contributed by atoms with Crippen molar-refractivity contribution in [2.75, 3.05) is 0 Å². The van der Waals surface area contributed by atoms with E-state index in [4.69, 9.17) is 0 Å². The molecule has 0 radical (unpaired) electrons. The van der Waals surface area contributed by atoms with Crippen molar-refractivity contribution in [3.63, 3.8) is 0 Å². The quantitative estimate of drug-likeness (QED) is 0.510. The number of hydrogen-bond donors (Lipinski definition) is 0. The summed E-state index contributed by atoms with van der Waals surface area (Å²) in [5, 5.41) is 0. The summed E-state index contributed by atoms with van der Waals surface area (Å²) in [7, 11) is 0. The molecule has 0 saturated carbocycles. The Balaban J connectivity index is 3.46. The average molecular weight is 376 g/mol. The van der Waals surface area contributed by atoms with Crippen LogP contribution in [-0.2, 0) is 19.4 Å². The van der Waals surface area contributed by atoms with Crippen LogP contribution in [0.1, 0.15) is 0 Å². The van der Waals surface area contributed by atoms with Gasteiger partial charge >= 0.3 is 68.7 Å². The summed E-state index contributed by atoms with van der Waals surface area (Å²) >= 11 is 3.65. The molecule has 0 aromatic heterocycles. The van der Waals surface area contributed by atoms with Gasteiger partial charge in [-0.05, 0) is 0 Å². The van der Waals surface area contributed by atoms with Gasteiger partial charge in [-0.2, -0.15) is 0 Å². The van der Waals surface area contributed by atoms with Crippen LogP contribution in [0.15, 0.2) is 22.3 Å². The van der Waals surface area contributed by atoms with Crippen molar-refractivity contribution in [2.24, 2.45) is 0 Å². The molecule has 0 amide bonds. The second-order valence-electron chi connectivity index (χ2n) is 0.942. The first-order chi connectivity index (χ1) is 3.27. The molecule has 0 saturated heterocycles. The van der Waals surface area contributed by atoms with Gasteiger partial charge in [0.25, 0.3) is 0 Å². The Bertz CT molecular complexity index is 105. The Morgan fingerprint density at radius 2 is 2.29 bits per heavy atom. The molecule has 0 bridgehead atoms. The van der Waals surface area contributed by atoms with Gasteiger partial charge in [-0.15, -0.1) is 0 Å². The maximum atomic E-state index is 3.68. The van der Waals surface area contributed by atoms with Crippen LogP contribution >= 0.6 is 22.6 Å². The molecule has 7 heavy (non-hydrogen) atoms. The van der Waals surface area contributed by atoms with Gasteiger partial charge in [0.1, 0.15) is 0 Å². The van der Waals surface area contributed by atoms with Gasteiger partial charge in [0.2, 0.25) is 0 Å². The zero-order valence-corrected chi connectivity index (χ0v) is 8.82. The van der Waals surface area contributed by atoms with Crippen LogP contribution in [0.5, 0.6) is 0 Å². The molecule has 0 heterocycles. The summed E-state index contributed by atoms with van der Waals surface area (Å²) in [5.41, 5.74) is 0. The molecule has 0 aromatic rings. The Kier molecular flexibility index (Phi) is 5.46. The first kappa shape index (κ1) is 7.77. The molecule has 0 aliphatic carbocycles. The summed E-state index contributed by atoms with van der Waals surface area (Å²) in [6.07, 6.45) is 3.98. The number of hydrogen-bond acceptors (Lipinski definition) is 0. The predicted octanol–water partition coefficient (Wildman–Crippen LogP) is 1.84. The zero-order valence-electron chi connectivity index (χ0n) is 3.73.